The molecule has 0 amide bonds. The van der Waals surface area contributed by atoms with Crippen LogP contribution in [0.5, 0.6) is 0 Å². The molecule has 0 bridgehead atoms. The average molecular weight is 459 g/mol. The third-order valence-electron chi connectivity index (χ3n) is 7.31. The first-order valence-electron chi connectivity index (χ1n) is 11.8. The van der Waals surface area contributed by atoms with Crippen LogP contribution in [0.4, 0.5) is 0 Å². The first kappa shape index (κ1) is 20.3. The van der Waals surface area contributed by atoms with Crippen molar-refractivity contribution in [1.29, 1.82) is 10.5 Å². The fourth-order valence-electron chi connectivity index (χ4n) is 5.69. The zero-order valence-electron chi connectivity index (χ0n) is 19.7. The van der Waals surface area contributed by atoms with E-state index in [2.05, 4.69) is 44.2 Å². The van der Waals surface area contributed by atoms with Gasteiger partial charge in [0.05, 0.1) is 45.7 Å². The summed E-state index contributed by atoms with van der Waals surface area (Å²) in [5.74, 6) is 0. The Hall–Kier alpha value is -5.06. The van der Waals surface area contributed by atoms with Crippen LogP contribution in [0.25, 0.3) is 66.2 Å². The highest BCUT2D eigenvalue weighted by Gasteiger charge is 2.31. The maximum atomic E-state index is 10.2. The maximum Gasteiger partial charge on any atom is 0.0998 e. The number of aryl methyl sites for hydroxylation is 2. The zero-order valence-corrected chi connectivity index (χ0v) is 19.7. The Morgan fingerprint density at radius 2 is 1.25 bits per heavy atom. The lowest BCUT2D eigenvalue weighted by molar-refractivity contribution is 1.27. The van der Waals surface area contributed by atoms with E-state index in [4.69, 9.17) is 9.97 Å². The number of fused-ring (bicyclic) bond motifs is 6. The van der Waals surface area contributed by atoms with Gasteiger partial charge >= 0.3 is 0 Å². The lowest BCUT2D eigenvalue weighted by atomic mass is 9.85. The summed E-state index contributed by atoms with van der Waals surface area (Å²) in [6.07, 6.45) is 0. The molecular formula is C32H18N4. The van der Waals surface area contributed by atoms with Gasteiger partial charge in [0.15, 0.2) is 0 Å². The van der Waals surface area contributed by atoms with Crippen molar-refractivity contribution in [2.75, 3.05) is 0 Å². The van der Waals surface area contributed by atoms with Gasteiger partial charge < -0.3 is 0 Å². The second kappa shape index (κ2) is 7.22. The molecule has 0 unspecified atom stereocenters. The fraction of sp³-hybridized carbons (Fsp3) is 0.0625. The van der Waals surface area contributed by atoms with Crippen LogP contribution in [0.2, 0.25) is 0 Å². The summed E-state index contributed by atoms with van der Waals surface area (Å²) in [6, 6.07) is 28.7. The van der Waals surface area contributed by atoms with E-state index in [1.54, 1.807) is 0 Å². The maximum absolute atomic E-state index is 10.2. The lowest BCUT2D eigenvalue weighted by Gasteiger charge is -2.17. The van der Waals surface area contributed by atoms with Crippen LogP contribution in [0.15, 0.2) is 72.8 Å². The molecular weight excluding hydrogens is 440 g/mol. The van der Waals surface area contributed by atoms with E-state index in [1.165, 1.54) is 0 Å². The van der Waals surface area contributed by atoms with E-state index in [0.717, 1.165) is 77.3 Å². The van der Waals surface area contributed by atoms with Gasteiger partial charge in [-0.25, -0.2) is 9.97 Å². The van der Waals surface area contributed by atoms with E-state index >= 15 is 0 Å². The van der Waals surface area contributed by atoms with Crippen LogP contribution in [-0.4, -0.2) is 9.97 Å². The minimum absolute atomic E-state index is 0.577. The predicted molar refractivity (Wildman–Crippen MR) is 143 cm³/mol. The molecule has 5 aromatic carbocycles. The Bertz CT molecular complexity index is 2020. The van der Waals surface area contributed by atoms with Crippen LogP contribution in [0, 0.1) is 36.5 Å². The Morgan fingerprint density at radius 3 is 1.94 bits per heavy atom. The van der Waals surface area contributed by atoms with E-state index in [0.29, 0.717) is 11.1 Å². The number of hydrogen-bond acceptors (Lipinski definition) is 4. The highest BCUT2D eigenvalue weighted by molar-refractivity contribution is 6.30. The molecule has 0 spiro atoms. The minimum atomic E-state index is 0.577. The summed E-state index contributed by atoms with van der Waals surface area (Å²) in [5, 5.41) is 24.0. The van der Waals surface area contributed by atoms with Gasteiger partial charge in [-0.15, -0.1) is 0 Å². The van der Waals surface area contributed by atoms with Crippen molar-refractivity contribution in [3.05, 3.63) is 95.1 Å². The lowest BCUT2D eigenvalue weighted by Crippen LogP contribution is -1.95. The highest BCUT2D eigenvalue weighted by Crippen LogP contribution is 2.54. The standard InChI is InChI=1S/C32H18N4/c1-17-11-12-18(2)30-29(17)35-31-23-14-13-21(16-34)26-25(19-7-4-3-5-8-19)24-20(15-33)9-6-10-22(24)28(27(23)26)32(31)36-30/h3-14H,1-2H3. The molecule has 0 atom stereocenters. The number of aromatic nitrogens is 2. The van der Waals surface area contributed by atoms with Gasteiger partial charge in [0.2, 0.25) is 0 Å². The van der Waals surface area contributed by atoms with Crippen molar-refractivity contribution in [2.45, 2.75) is 13.8 Å². The van der Waals surface area contributed by atoms with Crippen molar-refractivity contribution in [2.24, 2.45) is 0 Å². The van der Waals surface area contributed by atoms with Gasteiger partial charge in [-0.1, -0.05) is 60.7 Å². The Balaban J connectivity index is 1.80. The first-order valence-corrected chi connectivity index (χ1v) is 11.8. The van der Waals surface area contributed by atoms with Gasteiger partial charge in [0.25, 0.3) is 0 Å². The molecule has 0 saturated heterocycles. The fourth-order valence-corrected chi connectivity index (χ4v) is 5.69. The van der Waals surface area contributed by atoms with Crippen LogP contribution in [0.1, 0.15) is 22.3 Å². The normalized spacial score (nSPS) is 11.6. The predicted octanol–water partition coefficient (Wildman–Crippen LogP) is 7.61. The van der Waals surface area contributed by atoms with E-state index in [1.807, 2.05) is 54.6 Å². The molecule has 7 rings (SSSR count). The van der Waals surface area contributed by atoms with Crippen LogP contribution >= 0.6 is 0 Å². The highest BCUT2D eigenvalue weighted by atomic mass is 14.8. The molecule has 1 aliphatic rings. The number of nitrogens with zero attached hydrogens (tertiary/aromatic N) is 4. The molecule has 4 heteroatoms. The summed E-state index contributed by atoms with van der Waals surface area (Å²) in [5.41, 5.74) is 10.5. The summed E-state index contributed by atoms with van der Waals surface area (Å²) in [4.78, 5) is 10.3. The van der Waals surface area contributed by atoms with Crippen molar-refractivity contribution in [1.82, 2.24) is 9.97 Å². The monoisotopic (exact) mass is 458 g/mol. The van der Waals surface area contributed by atoms with Crippen LogP contribution in [0.3, 0.4) is 0 Å². The topological polar surface area (TPSA) is 73.4 Å². The van der Waals surface area contributed by atoms with Gasteiger partial charge in [0.1, 0.15) is 0 Å². The molecule has 0 saturated carbocycles. The average Bonchev–Trinajstić information content (AvgIpc) is 3.25. The number of hydrogen-bond donors (Lipinski definition) is 0. The number of rotatable bonds is 1. The molecule has 0 fully saturated rings. The van der Waals surface area contributed by atoms with Crippen molar-refractivity contribution in [3.63, 3.8) is 0 Å². The van der Waals surface area contributed by atoms with E-state index in [-0.39, 0.29) is 0 Å². The third kappa shape index (κ3) is 2.51. The Kier molecular flexibility index (Phi) is 4.08. The molecule has 4 nitrogen and oxygen atoms in total. The van der Waals surface area contributed by atoms with Gasteiger partial charge in [0, 0.05) is 32.8 Å². The summed E-state index contributed by atoms with van der Waals surface area (Å²) in [7, 11) is 0. The molecule has 0 aliphatic heterocycles. The molecule has 1 aliphatic carbocycles. The molecule has 0 radical (unpaired) electrons. The second-order valence-corrected chi connectivity index (χ2v) is 9.30. The van der Waals surface area contributed by atoms with Crippen molar-refractivity contribution < 1.29 is 0 Å². The second-order valence-electron chi connectivity index (χ2n) is 9.30. The summed E-state index contributed by atoms with van der Waals surface area (Å²) in [6.45, 7) is 4.11. The molecule has 166 valence electrons. The van der Waals surface area contributed by atoms with Crippen LogP contribution < -0.4 is 0 Å². The van der Waals surface area contributed by atoms with E-state index in [9.17, 15) is 10.5 Å². The largest absolute Gasteiger partial charge is 0.244 e. The van der Waals surface area contributed by atoms with Gasteiger partial charge in [-0.05, 0) is 48.1 Å². The molecule has 6 aromatic rings. The van der Waals surface area contributed by atoms with Crippen LogP contribution in [-0.2, 0) is 0 Å². The number of benzene rings is 5. The third-order valence-corrected chi connectivity index (χ3v) is 7.31. The first-order chi connectivity index (χ1) is 17.6. The molecule has 0 N–H and O–H groups in total. The van der Waals surface area contributed by atoms with Gasteiger partial charge in [-0.3, -0.25) is 0 Å². The minimum Gasteiger partial charge on any atom is -0.244 e. The summed E-state index contributed by atoms with van der Waals surface area (Å²) < 4.78 is 0. The van der Waals surface area contributed by atoms with E-state index < -0.39 is 0 Å². The molecule has 36 heavy (non-hydrogen) atoms. The summed E-state index contributed by atoms with van der Waals surface area (Å²) >= 11 is 0. The SMILES string of the molecule is Cc1ccc(C)c2nc3c(nc12)-c1ccc(C#N)c2c(-c4ccccc4)c4c(C#N)cccc4c-3c12. The van der Waals surface area contributed by atoms with Gasteiger partial charge in [-0.2, -0.15) is 10.5 Å². The van der Waals surface area contributed by atoms with Crippen molar-refractivity contribution >= 4 is 32.6 Å². The Morgan fingerprint density at radius 1 is 0.583 bits per heavy atom. The number of nitriles is 2. The quantitative estimate of drug-likeness (QED) is 0.237. The zero-order chi connectivity index (χ0) is 24.6. The smallest absolute Gasteiger partial charge is 0.0998 e. The molecule has 1 heterocycles. The molecule has 1 aromatic heterocycles. The van der Waals surface area contributed by atoms with Crippen molar-refractivity contribution in [3.8, 4) is 45.8 Å². The Labute approximate surface area is 207 Å².